The maximum absolute atomic E-state index is 12.3. The number of ether oxygens (including phenoxy) is 3. The van der Waals surface area contributed by atoms with Crippen LogP contribution in [0.3, 0.4) is 0 Å². The summed E-state index contributed by atoms with van der Waals surface area (Å²) >= 11 is 11.5. The molecule has 2 aromatic carbocycles. The Kier molecular flexibility index (Phi) is 7.90. The lowest BCUT2D eigenvalue weighted by Gasteiger charge is -2.14. The fraction of sp³-hybridized carbons (Fsp3) is 0.300. The molecular formula is C20H23ClN2O4S. The highest BCUT2D eigenvalue weighted by Crippen LogP contribution is 2.32. The van der Waals surface area contributed by atoms with Gasteiger partial charge in [0.2, 0.25) is 0 Å². The predicted molar refractivity (Wildman–Crippen MR) is 114 cm³/mol. The van der Waals surface area contributed by atoms with Gasteiger partial charge < -0.3 is 19.5 Å². The van der Waals surface area contributed by atoms with Gasteiger partial charge >= 0.3 is 0 Å². The lowest BCUT2D eigenvalue weighted by molar-refractivity contribution is 0.0976. The van der Waals surface area contributed by atoms with Crippen molar-refractivity contribution < 1.29 is 19.0 Å². The number of rotatable bonds is 7. The Morgan fingerprint density at radius 3 is 2.29 bits per heavy atom. The summed E-state index contributed by atoms with van der Waals surface area (Å²) in [4.78, 5) is 12.3. The number of hydrogen-bond donors (Lipinski definition) is 2. The molecule has 2 N–H and O–H groups in total. The van der Waals surface area contributed by atoms with Gasteiger partial charge in [0.15, 0.2) is 16.6 Å². The molecule has 8 heteroatoms. The van der Waals surface area contributed by atoms with Gasteiger partial charge in [-0.2, -0.15) is 0 Å². The molecule has 0 aliphatic heterocycles. The van der Waals surface area contributed by atoms with Crippen LogP contribution in [0.4, 0.5) is 0 Å². The summed E-state index contributed by atoms with van der Waals surface area (Å²) in [5.41, 5.74) is 1.23. The van der Waals surface area contributed by atoms with Gasteiger partial charge in [0.1, 0.15) is 5.75 Å². The van der Waals surface area contributed by atoms with Crippen molar-refractivity contribution in [3.05, 3.63) is 52.5 Å². The van der Waals surface area contributed by atoms with Crippen LogP contribution < -0.4 is 24.8 Å². The number of amides is 1. The molecule has 0 atom stereocenters. The molecule has 0 aliphatic carbocycles. The highest BCUT2D eigenvalue weighted by atomic mass is 35.5. The summed E-state index contributed by atoms with van der Waals surface area (Å²) < 4.78 is 16.0. The summed E-state index contributed by atoms with van der Waals surface area (Å²) in [5.74, 6) is 1.49. The zero-order valence-electron chi connectivity index (χ0n) is 16.2. The lowest BCUT2D eigenvalue weighted by Crippen LogP contribution is -2.38. The number of carbonyl (C=O) groups excluding carboxylic acids is 1. The molecule has 0 radical (unpaired) electrons. The smallest absolute Gasteiger partial charge is 0.257 e. The van der Waals surface area contributed by atoms with Crippen LogP contribution in [0.5, 0.6) is 17.2 Å². The molecule has 0 saturated heterocycles. The molecule has 0 aliphatic rings. The molecule has 2 rings (SSSR count). The summed E-state index contributed by atoms with van der Waals surface area (Å²) in [6, 6.07) is 10.3. The Labute approximate surface area is 175 Å². The molecule has 0 bridgehead atoms. The van der Waals surface area contributed by atoms with Crippen LogP contribution in [-0.2, 0) is 6.54 Å². The van der Waals surface area contributed by atoms with Crippen LogP contribution in [0.15, 0.2) is 36.4 Å². The van der Waals surface area contributed by atoms with Gasteiger partial charge in [-0.05, 0) is 62.0 Å². The molecule has 150 valence electrons. The van der Waals surface area contributed by atoms with E-state index < -0.39 is 0 Å². The second-order valence-electron chi connectivity index (χ2n) is 6.13. The largest absolute Gasteiger partial charge is 0.493 e. The summed E-state index contributed by atoms with van der Waals surface area (Å²) in [6.45, 7) is 4.20. The standard InChI is InChI=1S/C20H23ClN2O4S/c1-12(2)27-15-7-5-13(6-8-15)19(24)23-20(28)22-11-14-9-17(25-3)18(26-4)10-16(14)21/h5-10,12H,11H2,1-4H3,(H2,22,23,24,28). The van der Waals surface area contributed by atoms with Crippen molar-refractivity contribution in [2.24, 2.45) is 0 Å². The number of nitrogens with one attached hydrogen (secondary N) is 2. The topological polar surface area (TPSA) is 68.8 Å². The van der Waals surface area contributed by atoms with E-state index in [0.717, 1.165) is 5.56 Å². The van der Waals surface area contributed by atoms with Crippen LogP contribution in [0, 0.1) is 0 Å². The third-order valence-electron chi connectivity index (χ3n) is 3.71. The highest BCUT2D eigenvalue weighted by molar-refractivity contribution is 7.80. The lowest BCUT2D eigenvalue weighted by atomic mass is 10.2. The predicted octanol–water partition coefficient (Wildman–Crippen LogP) is 3.95. The average Bonchev–Trinajstić information content (AvgIpc) is 2.66. The van der Waals surface area contributed by atoms with Crippen LogP contribution in [0.1, 0.15) is 29.8 Å². The number of halogens is 1. The average molecular weight is 423 g/mol. The van der Waals surface area contributed by atoms with Crippen LogP contribution in [0.25, 0.3) is 0 Å². The second-order valence-corrected chi connectivity index (χ2v) is 6.94. The van der Waals surface area contributed by atoms with Gasteiger partial charge in [-0.25, -0.2) is 0 Å². The van der Waals surface area contributed by atoms with Crippen LogP contribution >= 0.6 is 23.8 Å². The molecule has 0 saturated carbocycles. The molecule has 28 heavy (non-hydrogen) atoms. The van der Waals surface area contributed by atoms with E-state index in [1.54, 1.807) is 43.5 Å². The van der Waals surface area contributed by atoms with E-state index in [1.165, 1.54) is 7.11 Å². The first-order valence-corrected chi connectivity index (χ1v) is 9.39. The zero-order valence-corrected chi connectivity index (χ0v) is 17.7. The van der Waals surface area contributed by atoms with Gasteiger partial charge in [0.25, 0.3) is 5.91 Å². The molecule has 6 nitrogen and oxygen atoms in total. The van der Waals surface area contributed by atoms with Gasteiger partial charge in [-0.15, -0.1) is 0 Å². The maximum Gasteiger partial charge on any atom is 0.257 e. The Morgan fingerprint density at radius 2 is 1.71 bits per heavy atom. The van der Waals surface area contributed by atoms with E-state index in [9.17, 15) is 4.79 Å². The first-order chi connectivity index (χ1) is 13.3. The molecule has 1 amide bonds. The monoisotopic (exact) mass is 422 g/mol. The number of thiocarbonyl (C=S) groups is 1. The van der Waals surface area contributed by atoms with E-state index >= 15 is 0 Å². The fourth-order valence-electron chi connectivity index (χ4n) is 2.38. The molecule has 0 heterocycles. The van der Waals surface area contributed by atoms with E-state index in [4.69, 9.17) is 38.0 Å². The number of carbonyl (C=O) groups is 1. The van der Waals surface area contributed by atoms with E-state index in [1.807, 2.05) is 13.8 Å². The van der Waals surface area contributed by atoms with Gasteiger partial charge in [-0.3, -0.25) is 10.1 Å². The highest BCUT2D eigenvalue weighted by Gasteiger charge is 2.12. The van der Waals surface area contributed by atoms with Crippen molar-refractivity contribution in [2.45, 2.75) is 26.5 Å². The van der Waals surface area contributed by atoms with E-state index in [0.29, 0.717) is 34.4 Å². The number of hydrogen-bond acceptors (Lipinski definition) is 5. The fourth-order valence-corrected chi connectivity index (χ4v) is 2.77. The van der Waals surface area contributed by atoms with Crippen molar-refractivity contribution in [3.8, 4) is 17.2 Å². The van der Waals surface area contributed by atoms with Crippen molar-refractivity contribution in [1.29, 1.82) is 0 Å². The zero-order chi connectivity index (χ0) is 20.7. The maximum atomic E-state index is 12.3. The van der Waals surface area contributed by atoms with Crippen LogP contribution in [0.2, 0.25) is 5.02 Å². The van der Waals surface area contributed by atoms with Gasteiger partial charge in [-0.1, -0.05) is 11.6 Å². The third-order valence-corrected chi connectivity index (χ3v) is 4.31. The normalized spacial score (nSPS) is 10.4. The molecule has 0 aromatic heterocycles. The minimum absolute atomic E-state index is 0.0693. The van der Waals surface area contributed by atoms with E-state index in [-0.39, 0.29) is 17.1 Å². The Balaban J connectivity index is 1.94. The van der Waals surface area contributed by atoms with Gasteiger partial charge in [0.05, 0.1) is 20.3 Å². The van der Waals surface area contributed by atoms with Crippen molar-refractivity contribution in [1.82, 2.24) is 10.6 Å². The minimum atomic E-state index is -0.313. The van der Waals surface area contributed by atoms with Crippen molar-refractivity contribution in [3.63, 3.8) is 0 Å². The molecule has 0 spiro atoms. The molecular weight excluding hydrogens is 400 g/mol. The molecule has 0 unspecified atom stereocenters. The van der Waals surface area contributed by atoms with Crippen LogP contribution in [-0.4, -0.2) is 31.3 Å². The first-order valence-electron chi connectivity index (χ1n) is 8.60. The summed E-state index contributed by atoms with van der Waals surface area (Å²) in [7, 11) is 3.09. The first kappa shape index (κ1) is 21.8. The quantitative estimate of drug-likeness (QED) is 0.658. The minimum Gasteiger partial charge on any atom is -0.493 e. The molecule has 2 aromatic rings. The SMILES string of the molecule is COc1cc(Cl)c(CNC(=S)NC(=O)c2ccc(OC(C)C)cc2)cc1OC. The third kappa shape index (κ3) is 6.00. The Morgan fingerprint density at radius 1 is 1.11 bits per heavy atom. The summed E-state index contributed by atoms with van der Waals surface area (Å²) in [5, 5.41) is 6.29. The Hall–Kier alpha value is -2.51. The number of methoxy groups -OCH3 is 2. The van der Waals surface area contributed by atoms with Crippen molar-refractivity contribution >= 4 is 34.8 Å². The molecule has 0 fully saturated rings. The second kappa shape index (κ2) is 10.1. The van der Waals surface area contributed by atoms with Gasteiger partial charge in [0, 0.05) is 23.2 Å². The van der Waals surface area contributed by atoms with Crippen molar-refractivity contribution in [2.75, 3.05) is 14.2 Å². The van der Waals surface area contributed by atoms with E-state index in [2.05, 4.69) is 10.6 Å². The Bertz CT molecular complexity index is 841. The number of benzene rings is 2. The summed E-state index contributed by atoms with van der Waals surface area (Å²) in [6.07, 6.45) is 0.0693.